The van der Waals surface area contributed by atoms with E-state index in [1.54, 1.807) is 33.9 Å². The van der Waals surface area contributed by atoms with Gasteiger partial charge in [-0.05, 0) is 37.0 Å². The van der Waals surface area contributed by atoms with Crippen LogP contribution in [0.4, 0.5) is 10.5 Å². The number of carbonyl (C=O) groups excluding carboxylic acids is 1. The van der Waals surface area contributed by atoms with Crippen LogP contribution in [0.5, 0.6) is 0 Å². The predicted octanol–water partition coefficient (Wildman–Crippen LogP) is 2.52. The van der Waals surface area contributed by atoms with Crippen molar-refractivity contribution in [2.45, 2.75) is 52.1 Å². The van der Waals surface area contributed by atoms with E-state index < -0.39 is 6.09 Å². The van der Waals surface area contributed by atoms with Gasteiger partial charge in [-0.1, -0.05) is 19.1 Å². The first kappa shape index (κ1) is 26.1. The topological polar surface area (TPSA) is 132 Å². The fourth-order valence-corrected chi connectivity index (χ4v) is 4.20. The fourth-order valence-electron chi connectivity index (χ4n) is 4.20. The number of nitrogens with one attached hydrogen (secondary N) is 1. The highest BCUT2D eigenvalue weighted by atomic mass is 16.5. The molecular formula is C26H32N6O5. The quantitative estimate of drug-likeness (QED) is 0.407. The molecule has 0 atom stereocenters. The Morgan fingerprint density at radius 3 is 2.78 bits per heavy atom. The molecule has 1 aliphatic rings. The zero-order chi connectivity index (χ0) is 26.4. The summed E-state index contributed by atoms with van der Waals surface area (Å²) in [7, 11) is 0. The molecule has 37 heavy (non-hydrogen) atoms. The molecule has 1 saturated heterocycles. The third-order valence-corrected chi connectivity index (χ3v) is 6.30. The van der Waals surface area contributed by atoms with Crippen molar-refractivity contribution >= 4 is 17.7 Å². The smallest absolute Gasteiger partial charge is 0.411 e. The third kappa shape index (κ3) is 6.42. The van der Waals surface area contributed by atoms with Crippen LogP contribution in [0.2, 0.25) is 0 Å². The van der Waals surface area contributed by atoms with E-state index in [4.69, 9.17) is 4.74 Å². The fraction of sp³-hybridized carbons (Fsp3) is 0.423. The first-order valence-electron chi connectivity index (χ1n) is 12.4. The molecule has 4 rings (SSSR count). The number of anilines is 1. The van der Waals surface area contributed by atoms with Gasteiger partial charge in [0.25, 0.3) is 0 Å². The summed E-state index contributed by atoms with van der Waals surface area (Å²) in [6.07, 6.45) is 6.08. The van der Waals surface area contributed by atoms with Crippen molar-refractivity contribution in [1.29, 1.82) is 0 Å². The van der Waals surface area contributed by atoms with Crippen LogP contribution in [-0.2, 0) is 22.5 Å². The molecule has 1 fully saturated rings. The van der Waals surface area contributed by atoms with Crippen LogP contribution in [0.25, 0.3) is 5.69 Å². The van der Waals surface area contributed by atoms with Gasteiger partial charge in [0, 0.05) is 38.2 Å². The number of benzene rings is 1. The van der Waals surface area contributed by atoms with Crippen LogP contribution >= 0.6 is 0 Å². The first-order valence-corrected chi connectivity index (χ1v) is 12.4. The Bertz CT molecular complexity index is 1310. The molecule has 11 nitrogen and oxygen atoms in total. The molecule has 0 saturated carbocycles. The minimum atomic E-state index is -1.01. The number of hydrogen-bond donors (Lipinski definition) is 2. The third-order valence-electron chi connectivity index (χ3n) is 6.30. The minimum absolute atomic E-state index is 0.00734. The second-order valence-corrected chi connectivity index (χ2v) is 9.11. The molecule has 0 aliphatic carbocycles. The summed E-state index contributed by atoms with van der Waals surface area (Å²) in [5.74, 6) is 0.00734. The normalized spacial score (nSPS) is 13.2. The molecular weight excluding hydrogens is 476 g/mol. The van der Waals surface area contributed by atoms with Gasteiger partial charge in [-0.15, -0.1) is 0 Å². The van der Waals surface area contributed by atoms with Crippen molar-refractivity contribution in [3.63, 3.8) is 0 Å². The van der Waals surface area contributed by atoms with Gasteiger partial charge in [-0.3, -0.25) is 19.2 Å². The monoisotopic (exact) mass is 508 g/mol. The number of carboxylic acid groups (broad SMARTS) is 1. The van der Waals surface area contributed by atoms with E-state index in [1.165, 1.54) is 11.0 Å². The Labute approximate surface area is 214 Å². The van der Waals surface area contributed by atoms with Gasteiger partial charge in [0.15, 0.2) is 0 Å². The van der Waals surface area contributed by atoms with E-state index in [0.29, 0.717) is 62.6 Å². The number of rotatable bonds is 11. The minimum Gasteiger partial charge on any atom is -0.465 e. The van der Waals surface area contributed by atoms with E-state index in [0.717, 1.165) is 11.1 Å². The molecule has 2 aromatic heterocycles. The van der Waals surface area contributed by atoms with Crippen LogP contribution < -0.4 is 15.6 Å². The van der Waals surface area contributed by atoms with E-state index in [2.05, 4.69) is 15.5 Å². The molecule has 0 spiro atoms. The van der Waals surface area contributed by atoms with E-state index in [-0.39, 0.29) is 23.8 Å². The van der Waals surface area contributed by atoms with Crippen molar-refractivity contribution < 1.29 is 19.4 Å². The van der Waals surface area contributed by atoms with Gasteiger partial charge in [0.05, 0.1) is 37.3 Å². The summed E-state index contributed by atoms with van der Waals surface area (Å²) >= 11 is 0. The summed E-state index contributed by atoms with van der Waals surface area (Å²) in [5, 5.41) is 21.4. The lowest BCUT2D eigenvalue weighted by Gasteiger charge is -2.26. The lowest BCUT2D eigenvalue weighted by molar-refractivity contribution is -0.125. The Kier molecular flexibility index (Phi) is 8.34. The number of carbonyl (C=O) groups is 2. The molecule has 0 unspecified atom stereocenters. The van der Waals surface area contributed by atoms with Gasteiger partial charge in [-0.25, -0.2) is 9.48 Å². The van der Waals surface area contributed by atoms with Crippen molar-refractivity contribution in [2.75, 3.05) is 24.7 Å². The van der Waals surface area contributed by atoms with Crippen LogP contribution in [0.3, 0.4) is 0 Å². The van der Waals surface area contributed by atoms with Crippen molar-refractivity contribution in [1.82, 2.24) is 24.9 Å². The maximum Gasteiger partial charge on any atom is 0.411 e. The molecule has 1 aliphatic heterocycles. The van der Waals surface area contributed by atoms with Gasteiger partial charge in [0.1, 0.15) is 11.4 Å². The molecule has 3 heterocycles. The van der Waals surface area contributed by atoms with Gasteiger partial charge in [0.2, 0.25) is 11.3 Å². The number of amides is 2. The molecule has 11 heteroatoms. The summed E-state index contributed by atoms with van der Waals surface area (Å²) in [6.45, 7) is 5.91. The Morgan fingerprint density at radius 2 is 2.08 bits per heavy atom. The zero-order valence-electron chi connectivity index (χ0n) is 21.1. The molecule has 0 bridgehead atoms. The van der Waals surface area contributed by atoms with E-state index >= 15 is 0 Å². The Morgan fingerprint density at radius 1 is 1.27 bits per heavy atom. The number of aryl methyl sites for hydroxylation is 1. The lowest BCUT2D eigenvalue weighted by Crippen LogP contribution is -2.48. The highest BCUT2D eigenvalue weighted by molar-refractivity contribution is 5.87. The van der Waals surface area contributed by atoms with Crippen molar-refractivity contribution in [3.05, 3.63) is 69.9 Å². The molecule has 2 amide bonds. The number of ether oxygens (including phenoxy) is 1. The molecule has 1 aromatic carbocycles. The van der Waals surface area contributed by atoms with Crippen LogP contribution in [-0.4, -0.2) is 62.5 Å². The summed E-state index contributed by atoms with van der Waals surface area (Å²) in [4.78, 5) is 37.7. The standard InChI is InChI=1S/C26H32N6O5/c1-3-10-31(26(35)36)23-7-4-6-19(18(23)2)13-22-24(33)9-12-32(29-22)21-14-27-30(15-21)11-5-8-25(34)28-20-16-37-17-20/h4,6-7,9,12,14-15,20H,3,5,8,10-11,13,16-17H2,1-2H3,(H,28,34)(H,35,36). The SMILES string of the molecule is CCCN(C(=O)O)c1cccc(Cc2nn(-c3cnn(CCCC(=O)NC4COC4)c3)ccc2=O)c1C. The van der Waals surface area contributed by atoms with Crippen LogP contribution in [0.15, 0.2) is 47.7 Å². The van der Waals surface area contributed by atoms with Crippen molar-refractivity contribution in [2.24, 2.45) is 0 Å². The molecule has 196 valence electrons. The predicted molar refractivity (Wildman–Crippen MR) is 137 cm³/mol. The second-order valence-electron chi connectivity index (χ2n) is 9.11. The molecule has 0 radical (unpaired) electrons. The maximum atomic E-state index is 12.6. The largest absolute Gasteiger partial charge is 0.465 e. The van der Waals surface area contributed by atoms with Gasteiger partial charge >= 0.3 is 6.09 Å². The lowest BCUT2D eigenvalue weighted by atomic mass is 10.0. The summed E-state index contributed by atoms with van der Waals surface area (Å²) in [6, 6.07) is 7.06. The highest BCUT2D eigenvalue weighted by Crippen LogP contribution is 2.25. The van der Waals surface area contributed by atoms with Crippen LogP contribution in [0, 0.1) is 6.92 Å². The Balaban J connectivity index is 1.44. The van der Waals surface area contributed by atoms with Gasteiger partial charge in [-0.2, -0.15) is 10.2 Å². The van der Waals surface area contributed by atoms with Crippen molar-refractivity contribution in [3.8, 4) is 5.69 Å². The summed E-state index contributed by atoms with van der Waals surface area (Å²) in [5.41, 5.74) is 3.10. The average molecular weight is 509 g/mol. The number of hydrogen-bond acceptors (Lipinski definition) is 6. The highest BCUT2D eigenvalue weighted by Gasteiger charge is 2.20. The molecule has 2 N–H and O–H groups in total. The Hall–Kier alpha value is -3.99. The zero-order valence-corrected chi connectivity index (χ0v) is 21.1. The number of aromatic nitrogens is 4. The van der Waals surface area contributed by atoms with E-state index in [1.807, 2.05) is 26.1 Å². The molecule has 3 aromatic rings. The first-order chi connectivity index (χ1) is 17.9. The number of nitrogens with zero attached hydrogens (tertiary/aromatic N) is 5. The summed E-state index contributed by atoms with van der Waals surface area (Å²) < 4.78 is 8.41. The van der Waals surface area contributed by atoms with E-state index in [9.17, 15) is 19.5 Å². The average Bonchev–Trinajstić information content (AvgIpc) is 3.31. The van der Waals surface area contributed by atoms with Gasteiger partial charge < -0.3 is 15.2 Å². The second kappa shape index (κ2) is 11.8. The van der Waals surface area contributed by atoms with Crippen LogP contribution in [0.1, 0.15) is 43.0 Å². The maximum absolute atomic E-state index is 12.6.